The standard InChI is InChI=1S/C15H19N3O2S/c1-10-11(2)20-12(3)13(10)14(19)17-5-7-18(8-6-17)15-16-4-9-21-15/h4,9H,5-8H2,1-3H3. The van der Waals surface area contributed by atoms with E-state index in [-0.39, 0.29) is 5.91 Å². The summed E-state index contributed by atoms with van der Waals surface area (Å²) in [6.45, 7) is 8.81. The minimum absolute atomic E-state index is 0.0839. The lowest BCUT2D eigenvalue weighted by atomic mass is 10.1. The van der Waals surface area contributed by atoms with E-state index in [1.54, 1.807) is 11.3 Å². The molecule has 0 bridgehead atoms. The Balaban J connectivity index is 1.70. The Morgan fingerprint density at radius 3 is 2.43 bits per heavy atom. The summed E-state index contributed by atoms with van der Waals surface area (Å²) >= 11 is 1.64. The molecule has 0 radical (unpaired) electrons. The van der Waals surface area contributed by atoms with Crippen LogP contribution in [0, 0.1) is 20.8 Å². The molecule has 1 aliphatic heterocycles. The Morgan fingerprint density at radius 1 is 1.19 bits per heavy atom. The molecule has 3 heterocycles. The van der Waals surface area contributed by atoms with Gasteiger partial charge in [-0.05, 0) is 20.8 Å². The lowest BCUT2D eigenvalue weighted by molar-refractivity contribution is 0.0744. The molecular formula is C15H19N3O2S. The third-order valence-corrected chi connectivity index (χ3v) is 4.86. The Bertz CT molecular complexity index is 640. The molecule has 21 heavy (non-hydrogen) atoms. The van der Waals surface area contributed by atoms with Gasteiger partial charge in [0.25, 0.3) is 5.91 Å². The van der Waals surface area contributed by atoms with E-state index in [1.807, 2.05) is 37.2 Å². The average molecular weight is 305 g/mol. The smallest absolute Gasteiger partial charge is 0.257 e. The highest BCUT2D eigenvalue weighted by atomic mass is 32.1. The van der Waals surface area contributed by atoms with Crippen LogP contribution in [0.5, 0.6) is 0 Å². The van der Waals surface area contributed by atoms with Gasteiger partial charge in [-0.2, -0.15) is 0 Å². The fraction of sp³-hybridized carbons (Fsp3) is 0.467. The van der Waals surface area contributed by atoms with Crippen molar-refractivity contribution in [1.82, 2.24) is 9.88 Å². The van der Waals surface area contributed by atoms with E-state index in [0.717, 1.165) is 54.0 Å². The molecule has 0 unspecified atom stereocenters. The largest absolute Gasteiger partial charge is 0.466 e. The Labute approximate surface area is 128 Å². The van der Waals surface area contributed by atoms with Crippen molar-refractivity contribution < 1.29 is 9.21 Å². The van der Waals surface area contributed by atoms with Crippen LogP contribution in [0.15, 0.2) is 16.0 Å². The quantitative estimate of drug-likeness (QED) is 0.856. The number of thiazole rings is 1. The van der Waals surface area contributed by atoms with Crippen LogP contribution in [0.2, 0.25) is 0 Å². The first kappa shape index (κ1) is 14.1. The maximum atomic E-state index is 12.7. The minimum Gasteiger partial charge on any atom is -0.466 e. The summed E-state index contributed by atoms with van der Waals surface area (Å²) in [5, 5.41) is 3.02. The first-order valence-electron chi connectivity index (χ1n) is 7.08. The summed E-state index contributed by atoms with van der Waals surface area (Å²) < 4.78 is 5.57. The van der Waals surface area contributed by atoms with E-state index >= 15 is 0 Å². The molecule has 0 spiro atoms. The van der Waals surface area contributed by atoms with E-state index in [1.165, 1.54) is 0 Å². The molecule has 0 saturated carbocycles. The monoisotopic (exact) mass is 305 g/mol. The number of piperazine rings is 1. The molecule has 0 aromatic carbocycles. The van der Waals surface area contributed by atoms with Crippen molar-refractivity contribution in [1.29, 1.82) is 0 Å². The number of carbonyl (C=O) groups excluding carboxylic acids is 1. The van der Waals surface area contributed by atoms with Crippen molar-refractivity contribution >= 4 is 22.4 Å². The second-order valence-electron chi connectivity index (χ2n) is 5.31. The van der Waals surface area contributed by atoms with Gasteiger partial charge in [0.1, 0.15) is 11.5 Å². The van der Waals surface area contributed by atoms with Crippen LogP contribution in [0.25, 0.3) is 0 Å². The van der Waals surface area contributed by atoms with Crippen molar-refractivity contribution in [3.05, 3.63) is 34.2 Å². The van der Waals surface area contributed by atoms with Crippen molar-refractivity contribution in [2.24, 2.45) is 0 Å². The molecule has 0 atom stereocenters. The molecule has 2 aromatic heterocycles. The van der Waals surface area contributed by atoms with E-state index < -0.39 is 0 Å². The zero-order valence-corrected chi connectivity index (χ0v) is 13.4. The minimum atomic E-state index is 0.0839. The molecule has 0 N–H and O–H groups in total. The fourth-order valence-corrected chi connectivity index (χ4v) is 3.44. The second kappa shape index (κ2) is 5.52. The van der Waals surface area contributed by atoms with E-state index in [4.69, 9.17) is 4.42 Å². The number of furan rings is 1. The van der Waals surface area contributed by atoms with Gasteiger partial charge in [-0.1, -0.05) is 0 Å². The van der Waals surface area contributed by atoms with Crippen LogP contribution in [0.4, 0.5) is 5.13 Å². The molecule has 112 valence electrons. The van der Waals surface area contributed by atoms with Gasteiger partial charge >= 0.3 is 0 Å². The van der Waals surface area contributed by atoms with Crippen LogP contribution in [0.1, 0.15) is 27.4 Å². The molecule has 1 saturated heterocycles. The summed E-state index contributed by atoms with van der Waals surface area (Å²) in [6.07, 6.45) is 1.82. The number of anilines is 1. The normalized spacial score (nSPS) is 15.6. The maximum absolute atomic E-state index is 12.7. The summed E-state index contributed by atoms with van der Waals surface area (Å²) in [5.41, 5.74) is 1.69. The van der Waals surface area contributed by atoms with Gasteiger partial charge in [0.15, 0.2) is 5.13 Å². The number of aryl methyl sites for hydroxylation is 2. The SMILES string of the molecule is Cc1oc(C)c(C(=O)N2CCN(c3nccs3)CC2)c1C. The number of rotatable bonds is 2. The highest BCUT2D eigenvalue weighted by Gasteiger charge is 2.27. The number of hydrogen-bond donors (Lipinski definition) is 0. The number of hydrogen-bond acceptors (Lipinski definition) is 5. The lowest BCUT2D eigenvalue weighted by Gasteiger charge is -2.34. The predicted octanol–water partition coefficient (Wildman–Crippen LogP) is 2.62. The van der Waals surface area contributed by atoms with Crippen LogP contribution in [-0.4, -0.2) is 42.0 Å². The van der Waals surface area contributed by atoms with E-state index in [0.29, 0.717) is 0 Å². The number of aromatic nitrogens is 1. The molecular weight excluding hydrogens is 286 g/mol. The van der Waals surface area contributed by atoms with Crippen LogP contribution >= 0.6 is 11.3 Å². The van der Waals surface area contributed by atoms with Gasteiger partial charge < -0.3 is 14.2 Å². The molecule has 1 aliphatic rings. The Morgan fingerprint density at radius 2 is 1.90 bits per heavy atom. The molecule has 2 aromatic rings. The van der Waals surface area contributed by atoms with Gasteiger partial charge in [0, 0.05) is 43.3 Å². The van der Waals surface area contributed by atoms with Gasteiger partial charge in [0.05, 0.1) is 5.56 Å². The first-order chi connectivity index (χ1) is 10.1. The molecule has 1 fully saturated rings. The first-order valence-corrected chi connectivity index (χ1v) is 7.96. The highest BCUT2D eigenvalue weighted by molar-refractivity contribution is 7.13. The summed E-state index contributed by atoms with van der Waals surface area (Å²) in [4.78, 5) is 21.1. The summed E-state index contributed by atoms with van der Waals surface area (Å²) in [7, 11) is 0. The van der Waals surface area contributed by atoms with Crippen LogP contribution in [-0.2, 0) is 0 Å². The Kier molecular flexibility index (Phi) is 3.71. The average Bonchev–Trinajstić information content (AvgIpc) is 3.08. The number of amides is 1. The summed E-state index contributed by atoms with van der Waals surface area (Å²) in [6, 6.07) is 0. The maximum Gasteiger partial charge on any atom is 0.257 e. The van der Waals surface area contributed by atoms with Gasteiger partial charge in [0.2, 0.25) is 0 Å². The lowest BCUT2D eigenvalue weighted by Crippen LogP contribution is -2.49. The molecule has 1 amide bonds. The van der Waals surface area contributed by atoms with Crippen molar-refractivity contribution in [3.63, 3.8) is 0 Å². The van der Waals surface area contributed by atoms with Crippen molar-refractivity contribution in [2.75, 3.05) is 31.1 Å². The molecule has 3 rings (SSSR count). The second-order valence-corrected chi connectivity index (χ2v) is 6.18. The zero-order valence-electron chi connectivity index (χ0n) is 12.5. The predicted molar refractivity (Wildman–Crippen MR) is 83.1 cm³/mol. The third-order valence-electron chi connectivity index (χ3n) is 4.03. The molecule has 6 heteroatoms. The van der Waals surface area contributed by atoms with Gasteiger partial charge in [-0.15, -0.1) is 11.3 Å². The summed E-state index contributed by atoms with van der Waals surface area (Å²) in [5.74, 6) is 1.63. The molecule has 5 nitrogen and oxygen atoms in total. The number of carbonyl (C=O) groups is 1. The van der Waals surface area contributed by atoms with Crippen molar-refractivity contribution in [2.45, 2.75) is 20.8 Å². The van der Waals surface area contributed by atoms with E-state index in [9.17, 15) is 4.79 Å². The zero-order chi connectivity index (χ0) is 15.0. The topological polar surface area (TPSA) is 49.6 Å². The van der Waals surface area contributed by atoms with E-state index in [2.05, 4.69) is 9.88 Å². The van der Waals surface area contributed by atoms with Crippen LogP contribution < -0.4 is 4.90 Å². The van der Waals surface area contributed by atoms with Crippen molar-refractivity contribution in [3.8, 4) is 0 Å². The Hall–Kier alpha value is -1.82. The molecule has 0 aliphatic carbocycles. The number of nitrogens with zero attached hydrogens (tertiary/aromatic N) is 3. The fourth-order valence-electron chi connectivity index (χ4n) is 2.74. The highest BCUT2D eigenvalue weighted by Crippen LogP contribution is 2.24. The van der Waals surface area contributed by atoms with Gasteiger partial charge in [-0.3, -0.25) is 4.79 Å². The van der Waals surface area contributed by atoms with Crippen LogP contribution in [0.3, 0.4) is 0 Å². The van der Waals surface area contributed by atoms with Gasteiger partial charge in [-0.25, -0.2) is 4.98 Å². The third kappa shape index (κ3) is 2.55.